The first-order valence-corrected chi connectivity index (χ1v) is 5.77. The lowest BCUT2D eigenvalue weighted by Crippen LogP contribution is -2.14. The number of ether oxygens (including phenoxy) is 1. The van der Waals surface area contributed by atoms with Crippen molar-refractivity contribution >= 4 is 0 Å². The molecule has 5 nitrogen and oxygen atoms in total. The molecule has 0 fully saturated rings. The molecule has 0 bridgehead atoms. The largest absolute Gasteiger partial charge is 0.493 e. The van der Waals surface area contributed by atoms with Crippen LogP contribution in [-0.2, 0) is 11.3 Å². The third-order valence-corrected chi connectivity index (χ3v) is 2.53. The van der Waals surface area contributed by atoms with E-state index in [-0.39, 0.29) is 18.0 Å². The van der Waals surface area contributed by atoms with Gasteiger partial charge in [-0.3, -0.25) is 4.79 Å². The summed E-state index contributed by atoms with van der Waals surface area (Å²) in [6.45, 7) is 2.40. The number of benzene rings is 1. The maximum absolute atomic E-state index is 12.8. The van der Waals surface area contributed by atoms with Crippen LogP contribution in [-0.4, -0.2) is 21.7 Å². The third-order valence-electron chi connectivity index (χ3n) is 2.53. The summed E-state index contributed by atoms with van der Waals surface area (Å²) < 4.78 is 17.9. The van der Waals surface area contributed by atoms with Gasteiger partial charge in [0.1, 0.15) is 23.8 Å². The topological polar surface area (TPSA) is 75.2 Å². The lowest BCUT2D eigenvalue weighted by molar-refractivity contribution is 0.127. The molecule has 0 saturated carbocycles. The summed E-state index contributed by atoms with van der Waals surface area (Å²) in [5.74, 6) is -0.569. The molecule has 6 heteroatoms. The molecule has 1 aromatic heterocycles. The van der Waals surface area contributed by atoms with Crippen LogP contribution in [0.25, 0.3) is 11.1 Å². The Bertz CT molecular complexity index is 623. The second-order valence-corrected chi connectivity index (χ2v) is 3.86. The fourth-order valence-corrected chi connectivity index (χ4v) is 1.65. The lowest BCUT2D eigenvalue weighted by atomic mass is 10.1. The highest BCUT2D eigenvalue weighted by Crippen LogP contribution is 2.23. The number of aromatic nitrogens is 2. The molecule has 100 valence electrons. The van der Waals surface area contributed by atoms with Crippen LogP contribution in [0.5, 0.6) is 5.88 Å². The molecule has 0 aliphatic heterocycles. The Labute approximate surface area is 108 Å². The Balaban J connectivity index is 2.42. The first kappa shape index (κ1) is 13.2. The molecule has 0 saturated heterocycles. The number of aromatic hydroxyl groups is 1. The van der Waals surface area contributed by atoms with Crippen molar-refractivity contribution in [2.75, 3.05) is 6.61 Å². The minimum Gasteiger partial charge on any atom is -0.493 e. The van der Waals surface area contributed by atoms with Gasteiger partial charge in [-0.25, -0.2) is 4.39 Å². The van der Waals surface area contributed by atoms with Gasteiger partial charge in [0.15, 0.2) is 0 Å². The number of aromatic amines is 1. The van der Waals surface area contributed by atoms with Gasteiger partial charge in [0.05, 0.1) is 0 Å². The van der Waals surface area contributed by atoms with E-state index in [1.54, 1.807) is 0 Å². The number of rotatable bonds is 4. The summed E-state index contributed by atoms with van der Waals surface area (Å²) in [5.41, 5.74) is -0.0790. The number of halogens is 1. The summed E-state index contributed by atoms with van der Waals surface area (Å²) >= 11 is 0. The maximum atomic E-state index is 12.8. The van der Waals surface area contributed by atoms with Gasteiger partial charge in [-0.1, -0.05) is 12.1 Å². The molecule has 0 unspecified atom stereocenters. The lowest BCUT2D eigenvalue weighted by Gasteiger charge is -2.06. The van der Waals surface area contributed by atoms with E-state index >= 15 is 0 Å². The molecule has 0 atom stereocenters. The van der Waals surface area contributed by atoms with Gasteiger partial charge >= 0.3 is 0 Å². The molecule has 2 N–H and O–H groups in total. The van der Waals surface area contributed by atoms with Crippen molar-refractivity contribution in [3.63, 3.8) is 0 Å². The van der Waals surface area contributed by atoms with E-state index in [1.807, 2.05) is 6.92 Å². The van der Waals surface area contributed by atoms with Gasteiger partial charge in [0.2, 0.25) is 5.88 Å². The molecule has 0 amide bonds. The Morgan fingerprint density at radius 2 is 2.05 bits per heavy atom. The fraction of sp³-hybridized carbons (Fsp3) is 0.231. The number of nitrogens with one attached hydrogen (secondary N) is 1. The van der Waals surface area contributed by atoms with Crippen LogP contribution in [0.2, 0.25) is 0 Å². The van der Waals surface area contributed by atoms with Crippen LogP contribution in [0.1, 0.15) is 12.7 Å². The highest BCUT2D eigenvalue weighted by Gasteiger charge is 2.13. The average Bonchev–Trinajstić information content (AvgIpc) is 2.38. The summed E-state index contributed by atoms with van der Waals surface area (Å²) in [6, 6.07) is 5.23. The normalized spacial score (nSPS) is 10.6. The molecule has 19 heavy (non-hydrogen) atoms. The number of hydrogen-bond donors (Lipinski definition) is 2. The molecule has 0 aliphatic rings. The van der Waals surface area contributed by atoms with Crippen LogP contribution < -0.4 is 5.56 Å². The van der Waals surface area contributed by atoms with Gasteiger partial charge in [-0.15, -0.1) is 0 Å². The predicted molar refractivity (Wildman–Crippen MR) is 67.2 cm³/mol. The zero-order valence-electron chi connectivity index (χ0n) is 10.3. The van der Waals surface area contributed by atoms with Gasteiger partial charge in [-0.05, 0) is 24.6 Å². The van der Waals surface area contributed by atoms with E-state index in [1.165, 1.54) is 24.3 Å². The minimum atomic E-state index is -0.492. The van der Waals surface area contributed by atoms with Crippen LogP contribution in [0, 0.1) is 5.82 Å². The van der Waals surface area contributed by atoms with Crippen LogP contribution in [0.3, 0.4) is 0 Å². The van der Waals surface area contributed by atoms with Gasteiger partial charge in [0, 0.05) is 6.61 Å². The van der Waals surface area contributed by atoms with Crippen molar-refractivity contribution in [2.45, 2.75) is 13.5 Å². The van der Waals surface area contributed by atoms with Gasteiger partial charge in [-0.2, -0.15) is 4.98 Å². The van der Waals surface area contributed by atoms with Crippen molar-refractivity contribution < 1.29 is 14.2 Å². The molecule has 0 radical (unpaired) electrons. The molecule has 2 rings (SSSR count). The molecular formula is C13H13FN2O3. The Morgan fingerprint density at radius 1 is 1.37 bits per heavy atom. The Morgan fingerprint density at radius 3 is 2.63 bits per heavy atom. The molecule has 1 aromatic carbocycles. The average molecular weight is 264 g/mol. The van der Waals surface area contributed by atoms with E-state index in [4.69, 9.17) is 4.74 Å². The van der Waals surface area contributed by atoms with Crippen molar-refractivity contribution in [2.24, 2.45) is 0 Å². The van der Waals surface area contributed by atoms with E-state index in [0.717, 1.165) is 0 Å². The zero-order valence-corrected chi connectivity index (χ0v) is 10.3. The summed E-state index contributed by atoms with van der Waals surface area (Å²) in [4.78, 5) is 18.3. The van der Waals surface area contributed by atoms with Crippen molar-refractivity contribution in [3.05, 3.63) is 46.3 Å². The third kappa shape index (κ3) is 2.97. The quantitative estimate of drug-likeness (QED) is 0.883. The molecule has 0 aliphatic carbocycles. The highest BCUT2D eigenvalue weighted by atomic mass is 19.1. The smallest absolute Gasteiger partial charge is 0.262 e. The molecular weight excluding hydrogens is 251 g/mol. The maximum Gasteiger partial charge on any atom is 0.262 e. The number of H-pyrrole nitrogens is 1. The Kier molecular flexibility index (Phi) is 3.91. The summed E-state index contributed by atoms with van der Waals surface area (Å²) in [7, 11) is 0. The summed E-state index contributed by atoms with van der Waals surface area (Å²) in [6.07, 6.45) is 0. The summed E-state index contributed by atoms with van der Waals surface area (Å²) in [5, 5.41) is 9.81. The second kappa shape index (κ2) is 5.62. The first-order valence-electron chi connectivity index (χ1n) is 5.77. The standard InChI is InChI=1S/C13H13FN2O3/c1-2-19-7-10-15-12(17)11(13(18)16-10)8-3-5-9(14)6-4-8/h3-6H,2,7H2,1H3,(H2,15,16,17,18). The molecule has 2 aromatic rings. The van der Waals surface area contributed by atoms with E-state index in [0.29, 0.717) is 12.2 Å². The van der Waals surface area contributed by atoms with Crippen molar-refractivity contribution in [1.29, 1.82) is 0 Å². The second-order valence-electron chi connectivity index (χ2n) is 3.86. The molecule has 0 spiro atoms. The van der Waals surface area contributed by atoms with E-state index < -0.39 is 17.3 Å². The first-order chi connectivity index (χ1) is 9.11. The van der Waals surface area contributed by atoms with Crippen molar-refractivity contribution in [1.82, 2.24) is 9.97 Å². The van der Waals surface area contributed by atoms with E-state index in [9.17, 15) is 14.3 Å². The number of nitrogens with zero attached hydrogens (tertiary/aromatic N) is 1. The minimum absolute atomic E-state index is 0.0141. The highest BCUT2D eigenvalue weighted by molar-refractivity contribution is 5.66. The zero-order chi connectivity index (χ0) is 13.8. The predicted octanol–water partition coefficient (Wildman–Crippen LogP) is 1.82. The van der Waals surface area contributed by atoms with Gasteiger partial charge < -0.3 is 14.8 Å². The fourth-order valence-electron chi connectivity index (χ4n) is 1.65. The van der Waals surface area contributed by atoms with Gasteiger partial charge in [0.25, 0.3) is 5.56 Å². The SMILES string of the molecule is CCOCc1nc(O)c(-c2ccc(F)cc2)c(=O)[nH]1. The Hall–Kier alpha value is -2.21. The van der Waals surface area contributed by atoms with Crippen molar-refractivity contribution in [3.8, 4) is 17.0 Å². The monoisotopic (exact) mass is 264 g/mol. The van der Waals surface area contributed by atoms with Crippen LogP contribution >= 0.6 is 0 Å². The van der Waals surface area contributed by atoms with Crippen LogP contribution in [0.4, 0.5) is 4.39 Å². The molecule has 1 heterocycles. The number of hydrogen-bond acceptors (Lipinski definition) is 4. The van der Waals surface area contributed by atoms with Crippen LogP contribution in [0.15, 0.2) is 29.1 Å². The van der Waals surface area contributed by atoms with E-state index in [2.05, 4.69) is 9.97 Å².